The van der Waals surface area contributed by atoms with Crippen molar-refractivity contribution in [2.24, 2.45) is 22.7 Å². The third kappa shape index (κ3) is 10.4. The molecule has 2 fully saturated rings. The number of carbonyl (C=O) groups excluding carboxylic acids is 3. The van der Waals surface area contributed by atoms with E-state index >= 15 is 0 Å². The van der Waals surface area contributed by atoms with Gasteiger partial charge in [-0.3, -0.25) is 9.59 Å². The molecule has 3 aromatic rings. The van der Waals surface area contributed by atoms with E-state index in [0.29, 0.717) is 36.0 Å². The lowest BCUT2D eigenvalue weighted by Crippen LogP contribution is -2.68. The Bertz CT molecular complexity index is 2200. The molecule has 3 aliphatic rings. The molecule has 59 heavy (non-hydrogen) atoms. The number of thiazole rings is 1. The van der Waals surface area contributed by atoms with Crippen LogP contribution in [0.1, 0.15) is 57.1 Å². The number of hydrogen-bond donors (Lipinski definition) is 5. The minimum Gasteiger partial charge on any atom is -0.724 e. The smallest absolute Gasteiger partial charge is 0.354 e. The SMILES string of the molecule is CC1(C)[C@H](CC(=O)/C(=N\O[C@](C)(C(=O)O)[C@H]2CCc3cc(-c4cnc(CC[C@@H](O)CN)[n+](CC5CNC5)c4)ccc3O2)c2csc(N)n2)C(=O)N1OS(=O)(=O)[O-].O=C[O-]. The summed E-state index contributed by atoms with van der Waals surface area (Å²) in [6, 6.07) is 5.58. The van der Waals surface area contributed by atoms with Crippen LogP contribution in [0.2, 0.25) is 0 Å². The molecule has 1 amide bonds. The van der Waals surface area contributed by atoms with Gasteiger partial charge in [0.25, 0.3) is 17.3 Å². The number of ketones is 1. The first-order valence-corrected chi connectivity index (χ1v) is 20.6. The second-order valence-corrected chi connectivity index (χ2v) is 16.7. The Hall–Kier alpha value is -5.17. The third-order valence-electron chi connectivity index (χ3n) is 10.4. The van der Waals surface area contributed by atoms with E-state index < -0.39 is 75.9 Å². The fourth-order valence-corrected chi connectivity index (χ4v) is 7.79. The molecule has 21 nitrogen and oxygen atoms in total. The number of benzene rings is 1. The molecule has 5 heterocycles. The number of nitrogen functional groups attached to an aromatic ring is 1. The molecular weight excluding hydrogens is 817 g/mol. The molecule has 2 saturated heterocycles. The lowest BCUT2D eigenvalue weighted by Gasteiger charge is -2.51. The van der Waals surface area contributed by atoms with Gasteiger partial charge in [0.05, 0.1) is 36.1 Å². The van der Waals surface area contributed by atoms with E-state index in [4.69, 9.17) is 35.9 Å². The summed E-state index contributed by atoms with van der Waals surface area (Å²) < 4.78 is 46.0. The number of oxime groups is 1. The number of anilines is 1. The number of aliphatic hydroxyl groups excluding tert-OH is 1. The van der Waals surface area contributed by atoms with Crippen LogP contribution in [0.5, 0.6) is 5.75 Å². The number of hydrogen-bond acceptors (Lipinski definition) is 19. The van der Waals surface area contributed by atoms with Crippen LogP contribution >= 0.6 is 11.3 Å². The van der Waals surface area contributed by atoms with Crippen LogP contribution in [0.15, 0.2) is 41.1 Å². The second-order valence-electron chi connectivity index (χ2n) is 14.9. The lowest BCUT2D eigenvalue weighted by atomic mass is 9.74. The summed E-state index contributed by atoms with van der Waals surface area (Å²) in [7, 11) is -5.26. The molecule has 0 saturated carbocycles. The van der Waals surface area contributed by atoms with Gasteiger partial charge < -0.3 is 51.0 Å². The molecule has 320 valence electrons. The Kier molecular flexibility index (Phi) is 14.0. The maximum Gasteiger partial charge on any atom is 0.354 e. The molecule has 3 aliphatic heterocycles. The van der Waals surface area contributed by atoms with Gasteiger partial charge in [-0.25, -0.2) is 22.8 Å². The van der Waals surface area contributed by atoms with Crippen molar-refractivity contribution in [2.75, 3.05) is 25.4 Å². The number of aryl methyl sites for hydroxylation is 2. The Morgan fingerprint density at radius 2 is 2.02 bits per heavy atom. The highest BCUT2D eigenvalue weighted by atomic mass is 32.3. The topological polar surface area (TPSA) is 326 Å². The molecule has 1 aromatic carbocycles. The number of aliphatic hydroxyl groups is 1. The number of carboxylic acids is 1. The normalized spacial score (nSPS) is 20.3. The van der Waals surface area contributed by atoms with Crippen LogP contribution < -0.4 is 31.2 Å². The van der Waals surface area contributed by atoms with E-state index in [-0.39, 0.29) is 23.8 Å². The van der Waals surface area contributed by atoms with Crippen LogP contribution in [0.25, 0.3) is 11.1 Å². The maximum atomic E-state index is 13.7. The number of aromatic nitrogens is 3. The summed E-state index contributed by atoms with van der Waals surface area (Å²) >= 11 is 0.986. The van der Waals surface area contributed by atoms with Gasteiger partial charge in [-0.05, 0) is 63.3 Å². The number of Topliss-reactive ketones (excluding diaryl/α,β-unsaturated/α-hetero) is 1. The molecule has 0 unspecified atom stereocenters. The number of hydroxylamine groups is 2. The van der Waals surface area contributed by atoms with Gasteiger partial charge in [0.15, 0.2) is 28.9 Å². The number of ether oxygens (including phenoxy) is 1. The third-order valence-corrected chi connectivity index (χ3v) is 11.4. The van der Waals surface area contributed by atoms with E-state index in [1.165, 1.54) is 26.2 Å². The number of β-lactam (4-membered cyclic amide) rings is 1. The molecule has 2 aromatic heterocycles. The fraction of sp³-hybridized carbons (Fsp3) is 0.500. The summed E-state index contributed by atoms with van der Waals surface area (Å²) in [5.41, 5.74) is 10.1. The molecule has 0 aliphatic carbocycles. The van der Waals surface area contributed by atoms with Gasteiger partial charge in [-0.2, -0.15) is 9.35 Å². The predicted molar refractivity (Wildman–Crippen MR) is 203 cm³/mol. The molecule has 4 atom stereocenters. The number of nitrogens with zero attached hydrogens (tertiary/aromatic N) is 5. The maximum absolute atomic E-state index is 13.7. The minimum atomic E-state index is -5.26. The standard InChI is InChI=1S/C35H44N8O11S2.CH2O2/c1-34(2)24(31(46)43(34)54-56(49,50)51)11-26(45)30(25-18-55-33(37)40-25)41-53-35(3,32(47)48)28-8-5-21-10-20(4-7-27(21)52-28)22-15-39-29(9-6-23(44)12-36)42(17-22)16-19-13-38-14-19;2-1-3/h4,7,10,15,17-19,23-24,28,38,44H,5-6,8-9,11-14,16,36H2,1-3H3,(H3-,37,40,47,48,49,50,51);1H,(H,2,3)/p-1/b41-30-;/t23-,24-,28-,35+;/m1./s1. The number of rotatable bonds is 17. The number of nitrogens with two attached hydrogens (primary N) is 2. The van der Waals surface area contributed by atoms with Crippen molar-refractivity contribution in [2.45, 2.75) is 82.8 Å². The highest BCUT2D eigenvalue weighted by Gasteiger charge is 2.57. The molecular formula is C36H45N8O13S2-. The van der Waals surface area contributed by atoms with Crippen molar-refractivity contribution in [3.05, 3.63) is 53.1 Å². The van der Waals surface area contributed by atoms with Gasteiger partial charge in [0.1, 0.15) is 17.6 Å². The Balaban J connectivity index is 0.00000214. The first-order chi connectivity index (χ1) is 27.8. The van der Waals surface area contributed by atoms with Crippen molar-refractivity contribution >= 4 is 56.7 Å². The number of fused-ring (bicyclic) bond motifs is 1. The quantitative estimate of drug-likeness (QED) is 0.0195. The monoisotopic (exact) mass is 861 g/mol. The van der Waals surface area contributed by atoms with Crippen LogP contribution in [-0.2, 0) is 58.1 Å². The highest BCUT2D eigenvalue weighted by Crippen LogP contribution is 2.41. The second kappa shape index (κ2) is 18.4. The molecule has 0 spiro atoms. The number of carboxylic acid groups (broad SMARTS) is 2. The first kappa shape index (κ1) is 44.9. The van der Waals surface area contributed by atoms with Crippen molar-refractivity contribution in [1.82, 2.24) is 20.3 Å². The van der Waals surface area contributed by atoms with E-state index in [9.17, 15) is 37.6 Å². The summed E-state index contributed by atoms with van der Waals surface area (Å²) in [4.78, 5) is 62.0. The largest absolute Gasteiger partial charge is 0.724 e. The Morgan fingerprint density at radius 1 is 1.31 bits per heavy atom. The highest BCUT2D eigenvalue weighted by molar-refractivity contribution is 7.80. The average molecular weight is 862 g/mol. The van der Waals surface area contributed by atoms with Crippen molar-refractivity contribution in [3.8, 4) is 16.9 Å². The number of nitrogens with one attached hydrogen (secondary N) is 1. The zero-order valence-electron chi connectivity index (χ0n) is 32.3. The summed E-state index contributed by atoms with van der Waals surface area (Å²) in [5.74, 6) is -2.50. The molecule has 23 heteroatoms. The van der Waals surface area contributed by atoms with Gasteiger partial charge in [0, 0.05) is 43.8 Å². The van der Waals surface area contributed by atoms with E-state index in [0.717, 1.165) is 53.5 Å². The van der Waals surface area contributed by atoms with E-state index in [2.05, 4.69) is 30.5 Å². The van der Waals surface area contributed by atoms with E-state index in [1.54, 1.807) is 12.3 Å². The summed E-state index contributed by atoms with van der Waals surface area (Å²) in [6.07, 6.45) is 3.34. The van der Waals surface area contributed by atoms with Crippen molar-refractivity contribution in [3.63, 3.8) is 0 Å². The van der Waals surface area contributed by atoms with E-state index in [1.807, 2.05) is 12.1 Å². The minimum absolute atomic E-state index is 0.0335. The predicted octanol–water partition coefficient (Wildman–Crippen LogP) is -1.54. The fourth-order valence-electron chi connectivity index (χ4n) is 6.79. The van der Waals surface area contributed by atoms with Gasteiger partial charge in [-0.1, -0.05) is 16.2 Å². The zero-order valence-corrected chi connectivity index (χ0v) is 33.9. The lowest BCUT2D eigenvalue weighted by molar-refractivity contribution is -0.713. The van der Waals surface area contributed by atoms with Crippen LogP contribution in [0.4, 0.5) is 5.13 Å². The summed E-state index contributed by atoms with van der Waals surface area (Å²) in [6.45, 7) is 6.36. The molecule has 0 radical (unpaired) electrons. The number of carbonyl (C=O) groups is 4. The van der Waals surface area contributed by atoms with Gasteiger partial charge >= 0.3 is 5.97 Å². The van der Waals surface area contributed by atoms with Crippen molar-refractivity contribution in [1.29, 1.82) is 0 Å². The van der Waals surface area contributed by atoms with Gasteiger partial charge in [-0.15, -0.1) is 11.3 Å². The Labute approximate surface area is 342 Å². The number of aliphatic carboxylic acids is 1. The van der Waals surface area contributed by atoms with Crippen LogP contribution in [-0.4, -0.2) is 111 Å². The molecule has 0 bridgehead atoms. The van der Waals surface area contributed by atoms with Crippen LogP contribution in [0, 0.1) is 11.8 Å². The summed E-state index contributed by atoms with van der Waals surface area (Å²) in [5, 5.41) is 37.8. The van der Waals surface area contributed by atoms with Crippen LogP contribution in [0.3, 0.4) is 0 Å². The Morgan fingerprint density at radius 3 is 2.59 bits per heavy atom. The first-order valence-electron chi connectivity index (χ1n) is 18.4. The van der Waals surface area contributed by atoms with Crippen molar-refractivity contribution < 1.29 is 65.9 Å². The molecule has 7 N–H and O–H groups in total. The number of amides is 1. The molecule has 6 rings (SSSR count). The average Bonchev–Trinajstić information content (AvgIpc) is 3.61. The zero-order chi connectivity index (χ0) is 43.3. The van der Waals surface area contributed by atoms with Gasteiger partial charge in [0.2, 0.25) is 10.4 Å².